The highest BCUT2D eigenvalue weighted by Gasteiger charge is 2.19. The number of benzene rings is 2. The normalized spacial score (nSPS) is 14.7. The third-order valence-electron chi connectivity index (χ3n) is 7.43. The number of aromatic nitrogens is 4. The highest BCUT2D eigenvalue weighted by molar-refractivity contribution is 7.14. The Bertz CT molecular complexity index is 1720. The minimum absolute atomic E-state index is 0.177. The average Bonchev–Trinajstić information content (AvgIpc) is 3.38. The van der Waals surface area contributed by atoms with Crippen molar-refractivity contribution in [2.45, 2.75) is 25.7 Å². The van der Waals surface area contributed by atoms with E-state index in [2.05, 4.69) is 56.5 Å². The molecule has 0 atom stereocenters. The Morgan fingerprint density at radius 1 is 0.974 bits per heavy atom. The van der Waals surface area contributed by atoms with Gasteiger partial charge >= 0.3 is 0 Å². The molecule has 5 aromatic rings. The Balaban J connectivity index is 1.29. The molecule has 0 unspecified atom stereocenters. The van der Waals surface area contributed by atoms with Crippen LogP contribution in [0, 0.1) is 6.92 Å². The number of thiazole rings is 1. The van der Waals surface area contributed by atoms with Gasteiger partial charge in [-0.05, 0) is 81.7 Å². The molecule has 0 aliphatic carbocycles. The number of fused-ring (bicyclic) bond motifs is 1. The minimum Gasteiger partial charge on any atom is -0.324 e. The van der Waals surface area contributed by atoms with Crippen LogP contribution in [0.15, 0.2) is 65.7 Å². The maximum atomic E-state index is 13.5. The Morgan fingerprint density at radius 2 is 1.74 bits per heavy atom. The standard InChI is InChI=1S/C30H29ClN6OS/c1-18-16-32-28(39-18)21-6-9-26(31)24(14-21)25-15-22-17-33-30(35-27(22)37(3)29(25)38)34-23-7-4-19(5-8-23)20-10-12-36(2)13-11-20/h4-9,14-17,20H,10-13H2,1-3H3,(H,33,34,35). The molecule has 1 fully saturated rings. The summed E-state index contributed by atoms with van der Waals surface area (Å²) in [7, 11) is 3.91. The van der Waals surface area contributed by atoms with Crippen LogP contribution in [0.2, 0.25) is 5.02 Å². The molecule has 1 N–H and O–H groups in total. The molecule has 0 radical (unpaired) electrons. The fraction of sp³-hybridized carbons (Fsp3) is 0.267. The predicted octanol–water partition coefficient (Wildman–Crippen LogP) is 6.63. The summed E-state index contributed by atoms with van der Waals surface area (Å²) in [5.74, 6) is 1.05. The molecule has 2 aromatic carbocycles. The third-order valence-corrected chi connectivity index (χ3v) is 8.72. The van der Waals surface area contributed by atoms with E-state index < -0.39 is 0 Å². The molecular formula is C30H29ClN6OS. The maximum Gasteiger partial charge on any atom is 0.259 e. The summed E-state index contributed by atoms with van der Waals surface area (Å²) in [5, 5.41) is 5.44. The smallest absolute Gasteiger partial charge is 0.259 e. The van der Waals surface area contributed by atoms with Crippen molar-refractivity contribution in [2.24, 2.45) is 7.05 Å². The lowest BCUT2D eigenvalue weighted by atomic mass is 9.89. The fourth-order valence-corrected chi connectivity index (χ4v) is 6.14. The Morgan fingerprint density at radius 3 is 2.46 bits per heavy atom. The fourth-order valence-electron chi connectivity index (χ4n) is 5.16. The first-order chi connectivity index (χ1) is 18.9. The van der Waals surface area contributed by atoms with Crippen LogP contribution in [0.4, 0.5) is 11.6 Å². The van der Waals surface area contributed by atoms with Crippen molar-refractivity contribution in [1.29, 1.82) is 0 Å². The molecule has 0 saturated carbocycles. The molecule has 1 saturated heterocycles. The van der Waals surface area contributed by atoms with E-state index in [4.69, 9.17) is 11.6 Å². The summed E-state index contributed by atoms with van der Waals surface area (Å²) in [6.45, 7) is 4.30. The average molecular weight is 557 g/mol. The van der Waals surface area contributed by atoms with Crippen molar-refractivity contribution in [2.75, 3.05) is 25.5 Å². The molecule has 0 amide bonds. The van der Waals surface area contributed by atoms with Gasteiger partial charge in [0.15, 0.2) is 0 Å². The van der Waals surface area contributed by atoms with Gasteiger partial charge in [-0.15, -0.1) is 11.3 Å². The van der Waals surface area contributed by atoms with Crippen molar-refractivity contribution in [1.82, 2.24) is 24.4 Å². The molecule has 1 aliphatic rings. The van der Waals surface area contributed by atoms with Gasteiger partial charge in [-0.25, -0.2) is 9.97 Å². The molecule has 39 heavy (non-hydrogen) atoms. The van der Waals surface area contributed by atoms with Crippen LogP contribution in [0.25, 0.3) is 32.7 Å². The SMILES string of the molecule is Cc1cnc(-c2ccc(Cl)c(-c3cc4cnc(Nc5ccc(C6CCN(C)CC6)cc5)nc4n(C)c3=O)c2)s1. The van der Waals surface area contributed by atoms with Gasteiger partial charge in [-0.3, -0.25) is 9.36 Å². The molecule has 0 bridgehead atoms. The van der Waals surface area contributed by atoms with E-state index in [1.54, 1.807) is 29.1 Å². The minimum atomic E-state index is -0.177. The Kier molecular flexibility index (Phi) is 6.93. The second-order valence-electron chi connectivity index (χ2n) is 10.2. The summed E-state index contributed by atoms with van der Waals surface area (Å²) < 4.78 is 1.55. The van der Waals surface area contributed by atoms with Crippen LogP contribution in [0.3, 0.4) is 0 Å². The Hall–Kier alpha value is -3.59. The van der Waals surface area contributed by atoms with Gasteiger partial charge in [0.1, 0.15) is 10.7 Å². The first kappa shape index (κ1) is 25.7. The first-order valence-corrected chi connectivity index (χ1v) is 14.2. The molecule has 198 valence electrons. The lowest BCUT2D eigenvalue weighted by Crippen LogP contribution is -2.29. The number of nitrogens with one attached hydrogen (secondary N) is 1. The van der Waals surface area contributed by atoms with Crippen LogP contribution in [-0.2, 0) is 7.05 Å². The summed E-state index contributed by atoms with van der Waals surface area (Å²) in [6, 6.07) is 16.0. The molecule has 6 rings (SSSR count). The van der Waals surface area contributed by atoms with E-state index in [9.17, 15) is 4.79 Å². The molecule has 7 nitrogen and oxygen atoms in total. The van der Waals surface area contributed by atoms with Crippen molar-refractivity contribution in [3.05, 3.63) is 86.7 Å². The topological polar surface area (TPSA) is 75.9 Å². The molecule has 9 heteroatoms. The number of halogens is 1. The molecule has 3 aromatic heterocycles. The summed E-state index contributed by atoms with van der Waals surface area (Å²) >= 11 is 8.18. The van der Waals surface area contributed by atoms with Gasteiger partial charge in [-0.1, -0.05) is 29.8 Å². The lowest BCUT2D eigenvalue weighted by Gasteiger charge is -2.29. The molecular weight excluding hydrogens is 528 g/mol. The largest absolute Gasteiger partial charge is 0.324 e. The number of aryl methyl sites for hydroxylation is 2. The van der Waals surface area contributed by atoms with E-state index in [1.165, 1.54) is 18.4 Å². The monoisotopic (exact) mass is 556 g/mol. The van der Waals surface area contributed by atoms with E-state index in [-0.39, 0.29) is 5.56 Å². The van der Waals surface area contributed by atoms with Crippen molar-refractivity contribution < 1.29 is 0 Å². The number of likely N-dealkylation sites (tertiary alicyclic amines) is 1. The van der Waals surface area contributed by atoms with Crippen molar-refractivity contribution >= 4 is 45.6 Å². The van der Waals surface area contributed by atoms with Crippen molar-refractivity contribution in [3.8, 4) is 21.7 Å². The van der Waals surface area contributed by atoms with Crippen LogP contribution >= 0.6 is 22.9 Å². The predicted molar refractivity (Wildman–Crippen MR) is 160 cm³/mol. The maximum absolute atomic E-state index is 13.5. The lowest BCUT2D eigenvalue weighted by molar-refractivity contribution is 0.255. The van der Waals surface area contributed by atoms with Gasteiger partial charge in [0.25, 0.3) is 5.56 Å². The van der Waals surface area contributed by atoms with E-state index in [0.29, 0.717) is 33.7 Å². The third kappa shape index (κ3) is 5.20. The van der Waals surface area contributed by atoms with E-state index >= 15 is 0 Å². The summed E-state index contributed by atoms with van der Waals surface area (Å²) in [5.41, 5.74) is 4.74. The molecule has 1 aliphatic heterocycles. The van der Waals surface area contributed by atoms with Gasteiger partial charge in [-0.2, -0.15) is 4.98 Å². The second kappa shape index (κ2) is 10.5. The number of piperidine rings is 1. The highest BCUT2D eigenvalue weighted by atomic mass is 35.5. The van der Waals surface area contributed by atoms with E-state index in [1.807, 2.05) is 37.4 Å². The van der Waals surface area contributed by atoms with Gasteiger partial charge < -0.3 is 10.2 Å². The number of rotatable bonds is 5. The van der Waals surface area contributed by atoms with Gasteiger partial charge in [0.05, 0.1) is 0 Å². The number of pyridine rings is 1. The number of anilines is 2. The van der Waals surface area contributed by atoms with E-state index in [0.717, 1.165) is 39.6 Å². The molecule has 4 heterocycles. The van der Waals surface area contributed by atoms with Crippen LogP contribution in [0.1, 0.15) is 29.2 Å². The second-order valence-corrected chi connectivity index (χ2v) is 11.8. The number of nitrogens with zero attached hydrogens (tertiary/aromatic N) is 5. The highest BCUT2D eigenvalue weighted by Crippen LogP contribution is 2.34. The number of hydrogen-bond donors (Lipinski definition) is 1. The number of hydrogen-bond acceptors (Lipinski definition) is 7. The van der Waals surface area contributed by atoms with Gasteiger partial charge in [0.2, 0.25) is 5.95 Å². The summed E-state index contributed by atoms with van der Waals surface area (Å²) in [6.07, 6.45) is 5.96. The zero-order valence-electron chi connectivity index (χ0n) is 22.1. The van der Waals surface area contributed by atoms with Crippen LogP contribution < -0.4 is 10.9 Å². The van der Waals surface area contributed by atoms with Crippen molar-refractivity contribution in [3.63, 3.8) is 0 Å². The zero-order chi connectivity index (χ0) is 27.1. The van der Waals surface area contributed by atoms with Gasteiger partial charge in [0, 0.05) is 57.1 Å². The first-order valence-electron chi connectivity index (χ1n) is 13.0. The quantitative estimate of drug-likeness (QED) is 0.262. The molecule has 0 spiro atoms. The Labute approximate surface area is 236 Å². The van der Waals surface area contributed by atoms with Crippen LogP contribution in [-0.4, -0.2) is 44.6 Å². The summed E-state index contributed by atoms with van der Waals surface area (Å²) in [4.78, 5) is 30.7. The zero-order valence-corrected chi connectivity index (χ0v) is 23.7. The van der Waals surface area contributed by atoms with Crippen LogP contribution in [0.5, 0.6) is 0 Å².